The number of aliphatic hydroxyl groups is 1. The monoisotopic (exact) mass is 644 g/mol. The number of methoxy groups -OCH3 is 1. The second kappa shape index (κ2) is 12.6. The number of nitrogens with one attached hydrogen (secondary N) is 1. The molecule has 1 aliphatic rings. The Morgan fingerprint density at radius 2 is 2.00 bits per heavy atom. The maximum atomic E-state index is 14.1. The fraction of sp³-hybridized carbons (Fsp3) is 0.433. The van der Waals surface area contributed by atoms with Crippen LogP contribution in [0.5, 0.6) is 5.75 Å². The van der Waals surface area contributed by atoms with Crippen LogP contribution < -0.4 is 20.7 Å². The molecule has 240 valence electrons. The van der Waals surface area contributed by atoms with Gasteiger partial charge < -0.3 is 35.1 Å². The molecule has 3 aromatic heterocycles. The Morgan fingerprint density at radius 3 is 2.69 bits per heavy atom. The summed E-state index contributed by atoms with van der Waals surface area (Å²) < 4.78 is 40.6. The molecule has 1 amide bonds. The van der Waals surface area contributed by atoms with E-state index in [0.717, 1.165) is 5.56 Å². The van der Waals surface area contributed by atoms with E-state index in [0.29, 0.717) is 51.8 Å². The Kier molecular flexibility index (Phi) is 8.99. The van der Waals surface area contributed by atoms with E-state index in [1.165, 1.54) is 6.33 Å². The number of pyridine rings is 1. The number of rotatable bonds is 8. The molecule has 2 unspecified atom stereocenters. The molecule has 0 spiro atoms. The first-order valence-corrected chi connectivity index (χ1v) is 14.6. The number of hydrogen-bond donors (Lipinski definition) is 3. The van der Waals surface area contributed by atoms with Crippen LogP contribution in [0.4, 0.5) is 25.1 Å². The first kappa shape index (κ1) is 32.1. The fourth-order valence-electron chi connectivity index (χ4n) is 5.53. The summed E-state index contributed by atoms with van der Waals surface area (Å²) in [6.07, 6.45) is -1.09. The number of nitrogens with two attached hydrogens (primary N) is 1. The minimum Gasteiger partial charge on any atom is -0.497 e. The highest BCUT2D eigenvalue weighted by Gasteiger charge is 2.48. The number of alkyl halides is 2. The van der Waals surface area contributed by atoms with Gasteiger partial charge in [0.2, 0.25) is 0 Å². The summed E-state index contributed by atoms with van der Waals surface area (Å²) >= 11 is 6.59. The molecule has 4 aromatic rings. The molecule has 15 heteroatoms. The Hall–Kier alpha value is -4.30. The second-order valence-electron chi connectivity index (χ2n) is 11.9. The summed E-state index contributed by atoms with van der Waals surface area (Å²) in [6, 6.07) is 7.10. The number of amides is 1. The van der Waals surface area contributed by atoms with Gasteiger partial charge in [0.05, 0.1) is 48.1 Å². The molecule has 4 heterocycles. The van der Waals surface area contributed by atoms with Gasteiger partial charge in [-0.15, -0.1) is 0 Å². The molecule has 4 N–H and O–H groups in total. The number of carbonyl (C=O) groups is 1. The summed E-state index contributed by atoms with van der Waals surface area (Å²) in [6.45, 7) is 5.57. The van der Waals surface area contributed by atoms with Gasteiger partial charge in [0.1, 0.15) is 29.3 Å². The number of imidazole rings is 1. The van der Waals surface area contributed by atoms with Gasteiger partial charge in [0, 0.05) is 18.7 Å². The van der Waals surface area contributed by atoms with Gasteiger partial charge in [0.25, 0.3) is 6.43 Å². The van der Waals surface area contributed by atoms with Gasteiger partial charge in [-0.2, -0.15) is 0 Å². The lowest BCUT2D eigenvalue weighted by atomic mass is 9.83. The number of nitrogen functional groups attached to an aromatic ring is 1. The second-order valence-corrected chi connectivity index (χ2v) is 12.3. The van der Waals surface area contributed by atoms with Crippen LogP contribution in [-0.2, 0) is 11.3 Å². The van der Waals surface area contributed by atoms with Gasteiger partial charge in [-0.25, -0.2) is 28.5 Å². The van der Waals surface area contributed by atoms with Crippen LogP contribution in [0.2, 0.25) is 5.02 Å². The van der Waals surface area contributed by atoms with Crippen molar-refractivity contribution in [2.24, 2.45) is 0 Å². The number of nitrogens with zero attached hydrogens (tertiary/aromatic N) is 6. The molecule has 2 atom stereocenters. The minimum absolute atomic E-state index is 0.110. The van der Waals surface area contributed by atoms with E-state index < -0.39 is 29.8 Å². The third-order valence-electron chi connectivity index (χ3n) is 7.61. The van der Waals surface area contributed by atoms with Crippen molar-refractivity contribution >= 4 is 40.4 Å². The van der Waals surface area contributed by atoms with Crippen molar-refractivity contribution in [3.63, 3.8) is 0 Å². The molecule has 0 saturated carbocycles. The Bertz CT molecular complexity index is 1700. The molecule has 0 radical (unpaired) electrons. The summed E-state index contributed by atoms with van der Waals surface area (Å²) in [5, 5.41) is 13.8. The number of aromatic nitrogens is 5. The number of hydrogen-bond acceptors (Lipinski definition) is 10. The number of halogens is 3. The lowest BCUT2D eigenvalue weighted by molar-refractivity contribution is -0.0664. The maximum Gasteiger partial charge on any atom is 0.408 e. The van der Waals surface area contributed by atoms with E-state index in [4.69, 9.17) is 26.8 Å². The van der Waals surface area contributed by atoms with Crippen LogP contribution in [0.1, 0.15) is 39.2 Å². The van der Waals surface area contributed by atoms with Crippen molar-refractivity contribution < 1.29 is 28.2 Å². The first-order valence-electron chi connectivity index (χ1n) is 14.3. The Labute approximate surface area is 263 Å². The van der Waals surface area contributed by atoms with E-state index in [9.17, 15) is 18.7 Å². The van der Waals surface area contributed by atoms with E-state index in [1.807, 2.05) is 11.0 Å². The normalized spacial score (nSPS) is 17.8. The SMILES string of the molecule is COc1ccc(-c2cc(Cn3cnc4c(N)ncnc43)c(N3CCCC(NC(=O)OC(C)(C)C)(C(O)C(F)F)C3)cn2)c(Cl)c1. The molecule has 1 fully saturated rings. The zero-order valence-corrected chi connectivity index (χ0v) is 26.1. The van der Waals surface area contributed by atoms with E-state index in [2.05, 4.69) is 25.3 Å². The summed E-state index contributed by atoms with van der Waals surface area (Å²) in [7, 11) is 1.55. The number of carbonyl (C=O) groups excluding carboxylic acids is 1. The first-order chi connectivity index (χ1) is 21.3. The van der Waals surface area contributed by atoms with Crippen molar-refractivity contribution in [3.05, 3.63) is 53.7 Å². The molecule has 12 nitrogen and oxygen atoms in total. The summed E-state index contributed by atoms with van der Waals surface area (Å²) in [5.41, 5.74) is 6.91. The van der Waals surface area contributed by atoms with Crippen molar-refractivity contribution in [2.75, 3.05) is 30.8 Å². The number of anilines is 2. The fourth-order valence-corrected chi connectivity index (χ4v) is 5.80. The summed E-state index contributed by atoms with van der Waals surface area (Å²) in [5.74, 6) is 0.817. The molecule has 0 aliphatic carbocycles. The molecule has 0 bridgehead atoms. The van der Waals surface area contributed by atoms with Crippen LogP contribution in [0.15, 0.2) is 43.1 Å². The predicted octanol–water partition coefficient (Wildman–Crippen LogP) is 4.67. The van der Waals surface area contributed by atoms with Crippen LogP contribution in [0.25, 0.3) is 22.4 Å². The van der Waals surface area contributed by atoms with Crippen molar-refractivity contribution in [3.8, 4) is 17.0 Å². The molecule has 1 aliphatic heterocycles. The van der Waals surface area contributed by atoms with Gasteiger partial charge >= 0.3 is 6.09 Å². The Morgan fingerprint density at radius 1 is 1.22 bits per heavy atom. The van der Waals surface area contributed by atoms with Crippen LogP contribution in [0, 0.1) is 0 Å². The van der Waals surface area contributed by atoms with Crippen LogP contribution >= 0.6 is 11.6 Å². The lowest BCUT2D eigenvalue weighted by Crippen LogP contribution is -2.67. The molecule has 45 heavy (non-hydrogen) atoms. The largest absolute Gasteiger partial charge is 0.497 e. The van der Waals surface area contributed by atoms with Crippen molar-refractivity contribution in [1.29, 1.82) is 0 Å². The smallest absolute Gasteiger partial charge is 0.408 e. The standard InChI is InChI=1S/C30H35ClF2N8O4/c1-29(2,3)45-28(43)39-30(24(42)25(32)33)8-5-9-40(14-30)22-12-35-21(19-7-6-18(44-4)11-20(19)31)10-17(22)13-41-16-38-23-26(34)36-15-37-27(23)41/h6-7,10-12,15-16,24-25,42H,5,8-9,13-14H2,1-4H3,(H,39,43)(H2,34,36,37). The molecule has 1 saturated heterocycles. The summed E-state index contributed by atoms with van der Waals surface area (Å²) in [4.78, 5) is 32.1. The van der Waals surface area contributed by atoms with Gasteiger partial charge in [-0.05, 0) is 63.4 Å². The third-order valence-corrected chi connectivity index (χ3v) is 7.92. The maximum absolute atomic E-state index is 14.1. The zero-order chi connectivity index (χ0) is 32.5. The third kappa shape index (κ3) is 6.86. The van der Waals surface area contributed by atoms with Crippen molar-refractivity contribution in [1.82, 2.24) is 29.8 Å². The van der Waals surface area contributed by atoms with Gasteiger partial charge in [-0.1, -0.05) is 11.6 Å². The highest BCUT2D eigenvalue weighted by Crippen LogP contribution is 2.36. The zero-order valence-electron chi connectivity index (χ0n) is 25.3. The molecular formula is C30H35ClF2N8O4. The average molecular weight is 645 g/mol. The van der Waals surface area contributed by atoms with Crippen LogP contribution in [0.3, 0.4) is 0 Å². The molecular weight excluding hydrogens is 610 g/mol. The number of benzene rings is 1. The number of ether oxygens (including phenoxy) is 2. The highest BCUT2D eigenvalue weighted by atomic mass is 35.5. The topological polar surface area (TPSA) is 154 Å². The number of fused-ring (bicyclic) bond motifs is 1. The number of piperidine rings is 1. The number of alkyl carbamates (subject to hydrolysis) is 1. The highest BCUT2D eigenvalue weighted by molar-refractivity contribution is 6.33. The number of aliphatic hydroxyl groups excluding tert-OH is 1. The molecule has 1 aromatic carbocycles. The Balaban J connectivity index is 1.57. The quantitative estimate of drug-likeness (QED) is 0.247. The van der Waals surface area contributed by atoms with Gasteiger partial charge in [0.15, 0.2) is 11.5 Å². The minimum atomic E-state index is -3.11. The van der Waals surface area contributed by atoms with Crippen molar-refractivity contribution in [2.45, 2.75) is 63.8 Å². The van der Waals surface area contributed by atoms with E-state index in [1.54, 1.807) is 63.2 Å². The van der Waals surface area contributed by atoms with E-state index >= 15 is 0 Å². The molecule has 5 rings (SSSR count). The van der Waals surface area contributed by atoms with Gasteiger partial charge in [-0.3, -0.25) is 4.98 Å². The lowest BCUT2D eigenvalue weighted by Gasteiger charge is -2.46. The average Bonchev–Trinajstić information content (AvgIpc) is 3.39. The predicted molar refractivity (Wildman–Crippen MR) is 166 cm³/mol. The van der Waals surface area contributed by atoms with E-state index in [-0.39, 0.29) is 25.3 Å². The van der Waals surface area contributed by atoms with Crippen LogP contribution in [-0.4, -0.2) is 79.6 Å².